The summed E-state index contributed by atoms with van der Waals surface area (Å²) in [6.45, 7) is 11.2. The van der Waals surface area contributed by atoms with Crippen LogP contribution in [-0.4, -0.2) is 53.6 Å². The Kier molecular flexibility index (Phi) is 5.31. The van der Waals surface area contributed by atoms with Crippen molar-refractivity contribution < 1.29 is 0 Å². The first-order chi connectivity index (χ1) is 9.65. The number of hydrogen-bond acceptors (Lipinski definition) is 5. The molecule has 1 aliphatic rings. The van der Waals surface area contributed by atoms with Gasteiger partial charge in [0, 0.05) is 38.8 Å². The molecule has 1 aromatic heterocycles. The Hall–Kier alpha value is -1.20. The number of hydrogen-bond donors (Lipinski definition) is 1. The fourth-order valence-corrected chi connectivity index (χ4v) is 2.78. The van der Waals surface area contributed by atoms with Gasteiger partial charge in [-0.3, -0.25) is 9.88 Å². The molecule has 112 valence electrons. The van der Waals surface area contributed by atoms with E-state index in [2.05, 4.69) is 26.7 Å². The number of piperazine rings is 1. The lowest BCUT2D eigenvalue weighted by molar-refractivity contribution is 0.179. The first kappa shape index (κ1) is 15.2. The lowest BCUT2D eigenvalue weighted by Gasteiger charge is -2.39. The van der Waals surface area contributed by atoms with Gasteiger partial charge in [0.05, 0.1) is 17.6 Å². The molecule has 20 heavy (non-hydrogen) atoms. The molecule has 5 nitrogen and oxygen atoms in total. The second-order valence-electron chi connectivity index (χ2n) is 5.60. The summed E-state index contributed by atoms with van der Waals surface area (Å²) in [5, 5.41) is 0. The van der Waals surface area contributed by atoms with Crippen molar-refractivity contribution in [1.82, 2.24) is 14.9 Å². The van der Waals surface area contributed by atoms with Gasteiger partial charge in [0.1, 0.15) is 5.82 Å². The van der Waals surface area contributed by atoms with E-state index < -0.39 is 0 Å². The zero-order valence-electron chi connectivity index (χ0n) is 13.0. The third kappa shape index (κ3) is 3.46. The Morgan fingerprint density at radius 1 is 1.20 bits per heavy atom. The molecule has 1 atom stereocenters. The summed E-state index contributed by atoms with van der Waals surface area (Å²) in [7, 11) is 0. The SMILES string of the molecule is CCCC(CN)N1CCN(c2cnc(C)c(C)n2)CC1. The van der Waals surface area contributed by atoms with Crippen LogP contribution in [-0.2, 0) is 0 Å². The van der Waals surface area contributed by atoms with Gasteiger partial charge >= 0.3 is 0 Å². The first-order valence-electron chi connectivity index (χ1n) is 7.65. The van der Waals surface area contributed by atoms with Crippen LogP contribution in [0.2, 0.25) is 0 Å². The number of rotatable bonds is 5. The first-order valence-corrected chi connectivity index (χ1v) is 7.65. The molecule has 0 aliphatic carbocycles. The van der Waals surface area contributed by atoms with Crippen molar-refractivity contribution in [2.24, 2.45) is 5.73 Å². The number of nitrogens with two attached hydrogens (primary N) is 1. The van der Waals surface area contributed by atoms with E-state index in [0.717, 1.165) is 49.9 Å². The quantitative estimate of drug-likeness (QED) is 0.880. The maximum absolute atomic E-state index is 5.89. The topological polar surface area (TPSA) is 58.3 Å². The Bertz CT molecular complexity index is 426. The molecule has 2 rings (SSSR count). The Morgan fingerprint density at radius 2 is 1.90 bits per heavy atom. The standard InChI is InChI=1S/C15H27N5/c1-4-5-14(10-16)19-6-8-20(9-7-19)15-11-17-12(2)13(3)18-15/h11,14H,4-10,16H2,1-3H3. The van der Waals surface area contributed by atoms with Gasteiger partial charge in [-0.05, 0) is 20.3 Å². The maximum atomic E-state index is 5.89. The second kappa shape index (κ2) is 6.99. The average molecular weight is 277 g/mol. The van der Waals surface area contributed by atoms with E-state index in [1.807, 2.05) is 20.0 Å². The van der Waals surface area contributed by atoms with Gasteiger partial charge in [0.25, 0.3) is 0 Å². The zero-order chi connectivity index (χ0) is 14.5. The minimum absolute atomic E-state index is 0.535. The predicted molar refractivity (Wildman–Crippen MR) is 83.0 cm³/mol. The largest absolute Gasteiger partial charge is 0.353 e. The van der Waals surface area contributed by atoms with Crippen LogP contribution in [0.3, 0.4) is 0 Å². The molecule has 1 saturated heterocycles. The molecule has 0 radical (unpaired) electrons. The van der Waals surface area contributed by atoms with Gasteiger partial charge in [0.15, 0.2) is 0 Å². The fraction of sp³-hybridized carbons (Fsp3) is 0.733. The normalized spacial score (nSPS) is 18.3. The van der Waals surface area contributed by atoms with Crippen LogP contribution in [0.1, 0.15) is 31.2 Å². The maximum Gasteiger partial charge on any atom is 0.147 e. The Balaban J connectivity index is 1.95. The molecule has 1 fully saturated rings. The summed E-state index contributed by atoms with van der Waals surface area (Å²) >= 11 is 0. The number of anilines is 1. The van der Waals surface area contributed by atoms with Crippen LogP contribution < -0.4 is 10.6 Å². The molecule has 0 bridgehead atoms. The highest BCUT2D eigenvalue weighted by atomic mass is 15.3. The number of aromatic nitrogens is 2. The smallest absolute Gasteiger partial charge is 0.147 e. The average Bonchev–Trinajstić information content (AvgIpc) is 2.48. The summed E-state index contributed by atoms with van der Waals surface area (Å²) in [6, 6.07) is 0.535. The van der Waals surface area contributed by atoms with Gasteiger partial charge in [-0.2, -0.15) is 0 Å². The predicted octanol–water partition coefficient (Wildman–Crippen LogP) is 1.34. The van der Waals surface area contributed by atoms with Crippen molar-refractivity contribution in [1.29, 1.82) is 0 Å². The van der Waals surface area contributed by atoms with E-state index in [-0.39, 0.29) is 0 Å². The summed E-state index contributed by atoms with van der Waals surface area (Å²) in [5.74, 6) is 1.01. The van der Waals surface area contributed by atoms with Crippen molar-refractivity contribution in [3.63, 3.8) is 0 Å². The van der Waals surface area contributed by atoms with Crippen molar-refractivity contribution in [3.05, 3.63) is 17.6 Å². The highest BCUT2D eigenvalue weighted by molar-refractivity contribution is 5.38. The van der Waals surface area contributed by atoms with Crippen LogP contribution in [0, 0.1) is 13.8 Å². The molecule has 1 unspecified atom stereocenters. The molecule has 1 aliphatic heterocycles. The minimum atomic E-state index is 0.535. The van der Waals surface area contributed by atoms with Crippen molar-refractivity contribution in [3.8, 4) is 0 Å². The van der Waals surface area contributed by atoms with Crippen LogP contribution in [0.15, 0.2) is 6.20 Å². The van der Waals surface area contributed by atoms with E-state index in [1.165, 1.54) is 12.8 Å². The lowest BCUT2D eigenvalue weighted by Crippen LogP contribution is -2.52. The van der Waals surface area contributed by atoms with E-state index in [9.17, 15) is 0 Å². The van der Waals surface area contributed by atoms with Crippen molar-refractivity contribution in [2.45, 2.75) is 39.7 Å². The number of nitrogens with zero attached hydrogens (tertiary/aromatic N) is 4. The second-order valence-corrected chi connectivity index (χ2v) is 5.60. The van der Waals surface area contributed by atoms with Crippen molar-refractivity contribution in [2.75, 3.05) is 37.6 Å². The van der Waals surface area contributed by atoms with Crippen molar-refractivity contribution >= 4 is 5.82 Å². The fourth-order valence-electron chi connectivity index (χ4n) is 2.78. The van der Waals surface area contributed by atoms with Crippen LogP contribution in [0.25, 0.3) is 0 Å². The number of aryl methyl sites for hydroxylation is 2. The minimum Gasteiger partial charge on any atom is -0.353 e. The van der Waals surface area contributed by atoms with E-state index in [0.29, 0.717) is 6.04 Å². The summed E-state index contributed by atoms with van der Waals surface area (Å²) in [5.41, 5.74) is 7.93. The molecule has 1 aromatic rings. The highest BCUT2D eigenvalue weighted by Gasteiger charge is 2.23. The van der Waals surface area contributed by atoms with Gasteiger partial charge in [-0.1, -0.05) is 13.3 Å². The summed E-state index contributed by atoms with van der Waals surface area (Å²) in [4.78, 5) is 13.9. The van der Waals surface area contributed by atoms with Gasteiger partial charge in [-0.15, -0.1) is 0 Å². The highest BCUT2D eigenvalue weighted by Crippen LogP contribution is 2.16. The molecular formula is C15H27N5. The third-order valence-electron chi connectivity index (χ3n) is 4.23. The Labute approximate surface area is 122 Å². The van der Waals surface area contributed by atoms with Crippen LogP contribution in [0.5, 0.6) is 0 Å². The zero-order valence-corrected chi connectivity index (χ0v) is 13.0. The third-order valence-corrected chi connectivity index (χ3v) is 4.23. The van der Waals surface area contributed by atoms with Crippen LogP contribution >= 0.6 is 0 Å². The molecule has 2 heterocycles. The summed E-state index contributed by atoms with van der Waals surface area (Å²) in [6.07, 6.45) is 4.29. The monoisotopic (exact) mass is 277 g/mol. The molecule has 2 N–H and O–H groups in total. The lowest BCUT2D eigenvalue weighted by atomic mass is 10.1. The molecular weight excluding hydrogens is 250 g/mol. The van der Waals surface area contributed by atoms with Gasteiger partial charge < -0.3 is 10.6 Å². The van der Waals surface area contributed by atoms with E-state index >= 15 is 0 Å². The van der Waals surface area contributed by atoms with E-state index in [1.54, 1.807) is 0 Å². The van der Waals surface area contributed by atoms with Gasteiger partial charge in [0.2, 0.25) is 0 Å². The molecule has 0 spiro atoms. The molecule has 5 heteroatoms. The Morgan fingerprint density at radius 3 is 2.45 bits per heavy atom. The van der Waals surface area contributed by atoms with E-state index in [4.69, 9.17) is 5.73 Å². The molecule has 0 aromatic carbocycles. The molecule has 0 saturated carbocycles. The molecule has 0 amide bonds. The summed E-state index contributed by atoms with van der Waals surface area (Å²) < 4.78 is 0. The van der Waals surface area contributed by atoms with Gasteiger partial charge in [-0.25, -0.2) is 4.98 Å². The van der Waals surface area contributed by atoms with Crippen LogP contribution in [0.4, 0.5) is 5.82 Å².